The van der Waals surface area contributed by atoms with Crippen molar-refractivity contribution in [1.29, 1.82) is 0 Å². The highest BCUT2D eigenvalue weighted by molar-refractivity contribution is 5.79. The smallest absolute Gasteiger partial charge is 0.191 e. The van der Waals surface area contributed by atoms with Crippen LogP contribution in [-0.4, -0.2) is 22.6 Å². The number of hydrogen-bond donors (Lipinski definition) is 2. The van der Waals surface area contributed by atoms with E-state index < -0.39 is 0 Å². The molecule has 3 rings (SSSR count). The molecule has 0 atom stereocenters. The third-order valence-corrected chi connectivity index (χ3v) is 3.88. The molecule has 134 valence electrons. The monoisotopic (exact) mass is 355 g/mol. The van der Waals surface area contributed by atoms with Crippen LogP contribution in [0.2, 0.25) is 0 Å². The van der Waals surface area contributed by atoms with Gasteiger partial charge in [-0.1, -0.05) is 24.3 Å². The summed E-state index contributed by atoms with van der Waals surface area (Å²) in [6.07, 6.45) is 4.83. The van der Waals surface area contributed by atoms with Crippen LogP contribution >= 0.6 is 0 Å². The maximum atomic E-state index is 14.3. The Labute approximate surface area is 150 Å². The number of hydrogen-bond acceptors (Lipinski definition) is 2. The number of aromatic nitrogens is 2. The van der Waals surface area contributed by atoms with Crippen LogP contribution in [0, 0.1) is 11.6 Å². The van der Waals surface area contributed by atoms with Gasteiger partial charge in [-0.05, 0) is 23.8 Å². The molecule has 0 aliphatic heterocycles. The largest absolute Gasteiger partial charge is 0.352 e. The number of imidazole rings is 1. The summed E-state index contributed by atoms with van der Waals surface area (Å²) in [6.45, 7) is 0.693. The van der Waals surface area contributed by atoms with Crippen LogP contribution in [0.25, 0.3) is 5.69 Å². The fourth-order valence-corrected chi connectivity index (χ4v) is 2.50. The Morgan fingerprint density at radius 2 is 1.88 bits per heavy atom. The fourth-order valence-electron chi connectivity index (χ4n) is 2.50. The number of nitrogens with one attached hydrogen (secondary N) is 2. The summed E-state index contributed by atoms with van der Waals surface area (Å²) in [4.78, 5) is 8.01. The maximum absolute atomic E-state index is 14.3. The van der Waals surface area contributed by atoms with Crippen LogP contribution in [0.1, 0.15) is 11.1 Å². The number of halogens is 2. The van der Waals surface area contributed by atoms with Crippen molar-refractivity contribution in [2.45, 2.75) is 13.1 Å². The molecule has 0 saturated heterocycles. The molecule has 0 bridgehead atoms. The first-order valence-corrected chi connectivity index (χ1v) is 8.12. The first-order valence-electron chi connectivity index (χ1n) is 8.12. The second-order valence-electron chi connectivity index (χ2n) is 5.63. The molecule has 0 radical (unpaired) electrons. The van der Waals surface area contributed by atoms with E-state index in [1.54, 1.807) is 54.6 Å². The predicted octanol–water partition coefficient (Wildman–Crippen LogP) is 3.02. The van der Waals surface area contributed by atoms with Crippen molar-refractivity contribution in [3.05, 3.63) is 83.9 Å². The van der Waals surface area contributed by atoms with Crippen LogP contribution in [0.5, 0.6) is 0 Å². The molecule has 5 nitrogen and oxygen atoms in total. The molecule has 0 spiro atoms. The molecule has 0 aliphatic rings. The van der Waals surface area contributed by atoms with Crippen molar-refractivity contribution < 1.29 is 8.78 Å². The van der Waals surface area contributed by atoms with Crippen LogP contribution in [0.3, 0.4) is 0 Å². The van der Waals surface area contributed by atoms with Crippen molar-refractivity contribution >= 4 is 5.96 Å². The van der Waals surface area contributed by atoms with E-state index in [9.17, 15) is 8.78 Å². The summed E-state index contributed by atoms with van der Waals surface area (Å²) in [5, 5.41) is 6.13. The minimum Gasteiger partial charge on any atom is -0.352 e. The SMILES string of the molecule is CN=C(NCc1ccc(-n2ccnc2)c(F)c1)NCc1ccccc1F. The lowest BCUT2D eigenvalue weighted by molar-refractivity contribution is 0.604. The Morgan fingerprint density at radius 1 is 1.08 bits per heavy atom. The zero-order valence-corrected chi connectivity index (χ0v) is 14.3. The van der Waals surface area contributed by atoms with Gasteiger partial charge in [-0.2, -0.15) is 0 Å². The molecule has 1 heterocycles. The van der Waals surface area contributed by atoms with E-state index in [1.165, 1.54) is 12.1 Å². The lowest BCUT2D eigenvalue weighted by atomic mass is 10.2. The molecule has 0 unspecified atom stereocenters. The normalized spacial score (nSPS) is 11.4. The van der Waals surface area contributed by atoms with Gasteiger partial charge in [0.15, 0.2) is 5.96 Å². The number of rotatable bonds is 5. The van der Waals surface area contributed by atoms with Crippen LogP contribution in [0.15, 0.2) is 66.2 Å². The molecule has 0 saturated carbocycles. The van der Waals surface area contributed by atoms with Crippen molar-refractivity contribution in [2.75, 3.05) is 7.05 Å². The molecule has 1 aromatic heterocycles. The van der Waals surface area contributed by atoms with Crippen molar-refractivity contribution in [1.82, 2.24) is 20.2 Å². The molecule has 0 aliphatic carbocycles. The minimum atomic E-state index is -0.336. The Morgan fingerprint density at radius 3 is 2.58 bits per heavy atom. The highest BCUT2D eigenvalue weighted by Crippen LogP contribution is 2.15. The van der Waals surface area contributed by atoms with Gasteiger partial charge in [0.1, 0.15) is 11.6 Å². The Kier molecular flexibility index (Phi) is 5.58. The first kappa shape index (κ1) is 17.6. The van der Waals surface area contributed by atoms with Gasteiger partial charge in [-0.15, -0.1) is 0 Å². The summed E-state index contributed by atoms with van der Waals surface area (Å²) < 4.78 is 29.5. The minimum absolute atomic E-state index is 0.271. The molecule has 0 fully saturated rings. The van der Waals surface area contributed by atoms with E-state index in [2.05, 4.69) is 20.6 Å². The zero-order chi connectivity index (χ0) is 18.4. The zero-order valence-electron chi connectivity index (χ0n) is 14.3. The average Bonchev–Trinajstić information content (AvgIpc) is 3.17. The summed E-state index contributed by atoms with van der Waals surface area (Å²) in [6, 6.07) is 11.5. The quantitative estimate of drug-likeness (QED) is 0.546. The van der Waals surface area contributed by atoms with Gasteiger partial charge in [0.25, 0.3) is 0 Å². The fraction of sp³-hybridized carbons (Fsp3) is 0.158. The van der Waals surface area contributed by atoms with Crippen LogP contribution < -0.4 is 10.6 Å². The standard InChI is InChI=1S/C19H19F2N5/c1-22-19(25-12-15-4-2-3-5-16(15)20)24-11-14-6-7-18(17(21)10-14)26-9-8-23-13-26/h2-10,13H,11-12H2,1H3,(H2,22,24,25). The second kappa shape index (κ2) is 8.24. The second-order valence-corrected chi connectivity index (χ2v) is 5.63. The molecular weight excluding hydrogens is 336 g/mol. The highest BCUT2D eigenvalue weighted by Gasteiger charge is 2.07. The molecule has 3 aromatic rings. The third-order valence-electron chi connectivity index (χ3n) is 3.88. The van der Waals surface area contributed by atoms with Gasteiger partial charge in [0, 0.05) is 38.1 Å². The van der Waals surface area contributed by atoms with E-state index in [0.29, 0.717) is 30.3 Å². The summed E-state index contributed by atoms with van der Waals surface area (Å²) in [5.74, 6) is -0.100. The Balaban J connectivity index is 1.59. The van der Waals surface area contributed by atoms with E-state index in [4.69, 9.17) is 0 Å². The predicted molar refractivity (Wildman–Crippen MR) is 97.0 cm³/mol. The van der Waals surface area contributed by atoms with E-state index in [0.717, 1.165) is 5.56 Å². The number of benzene rings is 2. The van der Waals surface area contributed by atoms with Gasteiger partial charge in [0.2, 0.25) is 0 Å². The van der Waals surface area contributed by atoms with E-state index >= 15 is 0 Å². The van der Waals surface area contributed by atoms with Crippen molar-refractivity contribution in [2.24, 2.45) is 4.99 Å². The van der Waals surface area contributed by atoms with Gasteiger partial charge in [0.05, 0.1) is 12.0 Å². The number of guanidine groups is 1. The maximum Gasteiger partial charge on any atom is 0.191 e. The summed E-state index contributed by atoms with van der Waals surface area (Å²) in [7, 11) is 1.62. The van der Waals surface area contributed by atoms with Gasteiger partial charge >= 0.3 is 0 Å². The molecule has 2 N–H and O–H groups in total. The van der Waals surface area contributed by atoms with E-state index in [1.807, 2.05) is 6.07 Å². The molecule has 26 heavy (non-hydrogen) atoms. The van der Waals surface area contributed by atoms with E-state index in [-0.39, 0.29) is 11.6 Å². The molecule has 7 heteroatoms. The topological polar surface area (TPSA) is 54.2 Å². The highest BCUT2D eigenvalue weighted by atomic mass is 19.1. The molecular formula is C19H19F2N5. The number of nitrogens with zero attached hydrogens (tertiary/aromatic N) is 3. The van der Waals surface area contributed by atoms with Gasteiger partial charge in [-0.3, -0.25) is 4.99 Å². The average molecular weight is 355 g/mol. The van der Waals surface area contributed by atoms with Crippen LogP contribution in [0.4, 0.5) is 8.78 Å². The number of aliphatic imine (C=N–C) groups is 1. The molecule has 0 amide bonds. The molecule has 2 aromatic carbocycles. The Hall–Kier alpha value is -3.22. The first-order chi connectivity index (χ1) is 12.7. The summed E-state index contributed by atoms with van der Waals surface area (Å²) >= 11 is 0. The Bertz CT molecular complexity index is 891. The van der Waals surface area contributed by atoms with Crippen molar-refractivity contribution in [3.8, 4) is 5.69 Å². The van der Waals surface area contributed by atoms with Gasteiger partial charge in [-0.25, -0.2) is 13.8 Å². The third kappa shape index (κ3) is 4.24. The summed E-state index contributed by atoms with van der Waals surface area (Å²) in [5.41, 5.74) is 1.75. The van der Waals surface area contributed by atoms with Crippen molar-refractivity contribution in [3.63, 3.8) is 0 Å². The lowest BCUT2D eigenvalue weighted by Crippen LogP contribution is -2.36. The van der Waals surface area contributed by atoms with Gasteiger partial charge < -0.3 is 15.2 Å². The van der Waals surface area contributed by atoms with Crippen LogP contribution in [-0.2, 0) is 13.1 Å². The lowest BCUT2D eigenvalue weighted by Gasteiger charge is -2.13.